The molecule has 1 aliphatic carbocycles. The van der Waals surface area contributed by atoms with Crippen molar-refractivity contribution in [1.82, 2.24) is 20.4 Å². The lowest BCUT2D eigenvalue weighted by molar-refractivity contribution is -0.134. The summed E-state index contributed by atoms with van der Waals surface area (Å²) in [5.41, 5.74) is 1.36. The molecule has 5 rings (SSSR count). The van der Waals surface area contributed by atoms with E-state index in [-0.39, 0.29) is 36.7 Å². The van der Waals surface area contributed by atoms with Gasteiger partial charge in [-0.05, 0) is 43.2 Å². The van der Waals surface area contributed by atoms with Crippen LogP contribution in [-0.2, 0) is 11.4 Å². The number of benzene rings is 2. The standard InChI is InChI=1S/C26H30Cl2N4O3/c27-19-4-3-5-20(15-19)35-16-18-9-8-17(14-22(18)28)25(34)31-10-12-32(13-11-31)26-29-23-7-2-1-6-21(23)24(33)30-26/h3-5,8-9,14-15,21,23,26,29H,1-2,6-7,10-13,16H2,(H,30,33). The second-order valence-corrected chi connectivity index (χ2v) is 10.3. The second kappa shape index (κ2) is 10.7. The number of piperazine rings is 1. The Hall–Kier alpha value is -2.32. The molecule has 2 heterocycles. The lowest BCUT2D eigenvalue weighted by Gasteiger charge is -2.46. The van der Waals surface area contributed by atoms with Crippen LogP contribution in [0.4, 0.5) is 0 Å². The quantitative estimate of drug-likeness (QED) is 0.630. The Balaban J connectivity index is 1.15. The van der Waals surface area contributed by atoms with E-state index in [2.05, 4.69) is 15.5 Å². The van der Waals surface area contributed by atoms with E-state index in [1.807, 2.05) is 23.1 Å². The number of rotatable bonds is 5. The maximum Gasteiger partial charge on any atom is 0.253 e. The van der Waals surface area contributed by atoms with Crippen LogP contribution >= 0.6 is 23.2 Å². The molecule has 0 radical (unpaired) electrons. The number of fused-ring (bicyclic) bond motifs is 1. The summed E-state index contributed by atoms with van der Waals surface area (Å²) in [6, 6.07) is 12.8. The minimum Gasteiger partial charge on any atom is -0.489 e. The molecule has 3 aliphatic rings. The highest BCUT2D eigenvalue weighted by Gasteiger charge is 2.40. The average Bonchev–Trinajstić information content (AvgIpc) is 2.87. The zero-order chi connectivity index (χ0) is 24.4. The number of nitrogens with one attached hydrogen (secondary N) is 2. The highest BCUT2D eigenvalue weighted by molar-refractivity contribution is 6.31. The third-order valence-corrected chi connectivity index (χ3v) is 7.80. The molecule has 2 aromatic rings. The zero-order valence-corrected chi connectivity index (χ0v) is 21.0. The van der Waals surface area contributed by atoms with Crippen molar-refractivity contribution in [3.8, 4) is 5.75 Å². The Morgan fingerprint density at radius 3 is 2.60 bits per heavy atom. The van der Waals surface area contributed by atoms with Gasteiger partial charge < -0.3 is 15.0 Å². The van der Waals surface area contributed by atoms with Crippen molar-refractivity contribution in [2.24, 2.45) is 5.92 Å². The van der Waals surface area contributed by atoms with Gasteiger partial charge in [0.1, 0.15) is 18.6 Å². The van der Waals surface area contributed by atoms with Crippen LogP contribution in [0.25, 0.3) is 0 Å². The lowest BCUT2D eigenvalue weighted by Crippen LogP contribution is -2.69. The van der Waals surface area contributed by atoms with Crippen molar-refractivity contribution in [2.45, 2.75) is 44.6 Å². The summed E-state index contributed by atoms with van der Waals surface area (Å²) < 4.78 is 5.77. The molecule has 3 atom stereocenters. The topological polar surface area (TPSA) is 73.9 Å². The fourth-order valence-corrected chi connectivity index (χ4v) is 5.62. The lowest BCUT2D eigenvalue weighted by atomic mass is 9.82. The van der Waals surface area contributed by atoms with Gasteiger partial charge in [0.25, 0.3) is 5.91 Å². The summed E-state index contributed by atoms with van der Waals surface area (Å²) in [4.78, 5) is 29.8. The molecule has 186 valence electrons. The summed E-state index contributed by atoms with van der Waals surface area (Å²) in [6.07, 6.45) is 4.15. The molecule has 9 heteroatoms. The molecule has 1 saturated carbocycles. The fourth-order valence-electron chi connectivity index (χ4n) is 5.21. The third kappa shape index (κ3) is 5.59. The average molecular weight is 517 g/mol. The Kier molecular flexibility index (Phi) is 7.48. The molecule has 0 aromatic heterocycles. The molecule has 2 saturated heterocycles. The number of nitrogens with zero attached hydrogens (tertiary/aromatic N) is 2. The van der Waals surface area contributed by atoms with Crippen molar-refractivity contribution in [3.63, 3.8) is 0 Å². The summed E-state index contributed by atoms with van der Waals surface area (Å²) in [6.45, 7) is 2.87. The molecule has 2 amide bonds. The van der Waals surface area contributed by atoms with E-state index in [4.69, 9.17) is 27.9 Å². The van der Waals surface area contributed by atoms with Gasteiger partial charge in [0, 0.05) is 53.4 Å². The van der Waals surface area contributed by atoms with Crippen LogP contribution in [-0.4, -0.2) is 60.1 Å². The van der Waals surface area contributed by atoms with Crippen LogP contribution in [0, 0.1) is 5.92 Å². The monoisotopic (exact) mass is 516 g/mol. The normalized spacial score (nSPS) is 25.0. The Bertz CT molecular complexity index is 1090. The van der Waals surface area contributed by atoms with Crippen molar-refractivity contribution in [2.75, 3.05) is 26.2 Å². The van der Waals surface area contributed by atoms with Crippen molar-refractivity contribution >= 4 is 35.0 Å². The van der Waals surface area contributed by atoms with Gasteiger partial charge in [-0.2, -0.15) is 0 Å². The van der Waals surface area contributed by atoms with Gasteiger partial charge in [-0.15, -0.1) is 0 Å². The van der Waals surface area contributed by atoms with Gasteiger partial charge in [-0.25, -0.2) is 0 Å². The van der Waals surface area contributed by atoms with Gasteiger partial charge in [0.05, 0.1) is 5.92 Å². The highest BCUT2D eigenvalue weighted by atomic mass is 35.5. The van der Waals surface area contributed by atoms with Crippen LogP contribution in [0.3, 0.4) is 0 Å². The number of amides is 2. The van der Waals surface area contributed by atoms with Crippen LogP contribution in [0.5, 0.6) is 5.75 Å². The van der Waals surface area contributed by atoms with Crippen LogP contribution < -0.4 is 15.4 Å². The van der Waals surface area contributed by atoms with E-state index in [9.17, 15) is 9.59 Å². The number of carbonyl (C=O) groups excluding carboxylic acids is 2. The van der Waals surface area contributed by atoms with Gasteiger partial charge in [-0.1, -0.05) is 48.2 Å². The van der Waals surface area contributed by atoms with Crippen molar-refractivity contribution in [1.29, 1.82) is 0 Å². The number of hydrogen-bond acceptors (Lipinski definition) is 5. The Morgan fingerprint density at radius 2 is 1.83 bits per heavy atom. The van der Waals surface area contributed by atoms with E-state index >= 15 is 0 Å². The number of carbonyl (C=O) groups is 2. The largest absolute Gasteiger partial charge is 0.489 e. The first-order valence-corrected chi connectivity index (χ1v) is 13.0. The van der Waals surface area contributed by atoms with Gasteiger partial charge in [-0.3, -0.25) is 19.8 Å². The summed E-state index contributed by atoms with van der Waals surface area (Å²) >= 11 is 12.5. The first-order chi connectivity index (χ1) is 17.0. The van der Waals surface area contributed by atoms with Crippen molar-refractivity contribution in [3.05, 3.63) is 63.6 Å². The van der Waals surface area contributed by atoms with Gasteiger partial charge >= 0.3 is 0 Å². The molecule has 3 unspecified atom stereocenters. The molecule has 0 bridgehead atoms. The molecule has 35 heavy (non-hydrogen) atoms. The molecule has 3 fully saturated rings. The summed E-state index contributed by atoms with van der Waals surface area (Å²) in [7, 11) is 0. The smallest absolute Gasteiger partial charge is 0.253 e. The fraction of sp³-hybridized carbons (Fsp3) is 0.462. The number of hydrogen-bond donors (Lipinski definition) is 2. The second-order valence-electron chi connectivity index (χ2n) is 9.46. The van der Waals surface area contributed by atoms with E-state index in [1.54, 1.807) is 24.3 Å². The molecule has 2 N–H and O–H groups in total. The van der Waals surface area contributed by atoms with Crippen molar-refractivity contribution < 1.29 is 14.3 Å². The van der Waals surface area contributed by atoms with Gasteiger partial charge in [0.15, 0.2) is 0 Å². The summed E-state index contributed by atoms with van der Waals surface area (Å²) in [5.74, 6) is 0.869. The summed E-state index contributed by atoms with van der Waals surface area (Å²) in [5, 5.41) is 7.86. The van der Waals surface area contributed by atoms with E-state index in [1.165, 1.54) is 6.42 Å². The van der Waals surface area contributed by atoms with Gasteiger partial charge in [0.2, 0.25) is 5.91 Å². The minimum atomic E-state index is -0.160. The molecule has 2 aromatic carbocycles. The number of ether oxygens (including phenoxy) is 1. The predicted molar refractivity (Wildman–Crippen MR) is 136 cm³/mol. The van der Waals surface area contributed by atoms with Crippen LogP contribution in [0.2, 0.25) is 10.0 Å². The highest BCUT2D eigenvalue weighted by Crippen LogP contribution is 2.28. The molecule has 7 nitrogen and oxygen atoms in total. The Morgan fingerprint density at radius 1 is 1.03 bits per heavy atom. The molecular formula is C26H30Cl2N4O3. The van der Waals surface area contributed by atoms with E-state index in [0.717, 1.165) is 24.8 Å². The van der Waals surface area contributed by atoms with Crippen LogP contribution in [0.1, 0.15) is 41.6 Å². The maximum absolute atomic E-state index is 13.1. The Labute approximate surface area is 215 Å². The predicted octanol–water partition coefficient (Wildman–Crippen LogP) is 3.89. The van der Waals surface area contributed by atoms with E-state index in [0.29, 0.717) is 47.5 Å². The molecule has 2 aliphatic heterocycles. The number of halogens is 2. The molecular weight excluding hydrogens is 487 g/mol. The third-order valence-electron chi connectivity index (χ3n) is 7.21. The molecule has 0 spiro atoms. The zero-order valence-electron chi connectivity index (χ0n) is 19.5. The van der Waals surface area contributed by atoms with E-state index < -0.39 is 0 Å². The minimum absolute atomic E-state index is 0.0400. The first kappa shape index (κ1) is 24.4. The maximum atomic E-state index is 13.1. The first-order valence-electron chi connectivity index (χ1n) is 12.2. The van der Waals surface area contributed by atoms with Crippen LogP contribution in [0.15, 0.2) is 42.5 Å². The SMILES string of the molecule is O=C1NC(N2CCN(C(=O)c3ccc(COc4cccc(Cl)c4)c(Cl)c3)CC2)NC2CCCCC12.